The molecule has 0 saturated carbocycles. The molecule has 1 atom stereocenters. The fourth-order valence-corrected chi connectivity index (χ4v) is 4.12. The van der Waals surface area contributed by atoms with Crippen molar-refractivity contribution >= 4 is 38.3 Å². The largest absolute Gasteiger partial charge is 0.491 e. The number of hydrogen-bond donors (Lipinski definition) is 0. The molecule has 0 fully saturated rings. The summed E-state index contributed by atoms with van der Waals surface area (Å²) in [4.78, 5) is 12.9. The summed E-state index contributed by atoms with van der Waals surface area (Å²) in [7, 11) is 1.77. The van der Waals surface area contributed by atoms with E-state index < -0.39 is 0 Å². The minimum atomic E-state index is 0. The standard InChI is InChI=1S/C21H27O3P.Li/c1-13-11-15(3)20(17(5)16(13)4)21(22)25-19-8-7-18(12-14(19)2)24-10-9-23-6;/h7-8,11-12,25H,9-10H2,1-6H3;. The molecule has 0 saturated heterocycles. The van der Waals surface area contributed by atoms with E-state index in [9.17, 15) is 4.79 Å². The Kier molecular flexibility index (Phi) is 9.08. The molecule has 0 N–H and O–H groups in total. The van der Waals surface area contributed by atoms with E-state index in [1.54, 1.807) is 7.11 Å². The molecular formula is C21H27LiO3P. The summed E-state index contributed by atoms with van der Waals surface area (Å²) in [6.07, 6.45) is 0. The molecule has 0 bridgehead atoms. The average molecular weight is 365 g/mol. The van der Waals surface area contributed by atoms with Crippen LogP contribution in [-0.4, -0.2) is 44.7 Å². The quantitative estimate of drug-likeness (QED) is 0.422. The third-order valence-corrected chi connectivity index (χ3v) is 5.89. The average Bonchev–Trinajstić information content (AvgIpc) is 2.55. The van der Waals surface area contributed by atoms with Gasteiger partial charge in [-0.25, -0.2) is 0 Å². The summed E-state index contributed by atoms with van der Waals surface area (Å²) in [6.45, 7) is 11.4. The summed E-state index contributed by atoms with van der Waals surface area (Å²) < 4.78 is 10.6. The van der Waals surface area contributed by atoms with Crippen molar-refractivity contribution in [2.24, 2.45) is 0 Å². The van der Waals surface area contributed by atoms with Crippen LogP contribution in [0.5, 0.6) is 5.75 Å². The molecule has 0 aromatic heterocycles. The second-order valence-electron chi connectivity index (χ2n) is 6.41. The molecule has 2 aromatic carbocycles. The molecule has 135 valence electrons. The van der Waals surface area contributed by atoms with E-state index in [4.69, 9.17) is 9.47 Å². The Morgan fingerprint density at radius 3 is 2.23 bits per heavy atom. The molecule has 2 rings (SSSR count). The van der Waals surface area contributed by atoms with Gasteiger partial charge in [0.2, 0.25) is 0 Å². The Hall–Kier alpha value is -1.10. The topological polar surface area (TPSA) is 35.5 Å². The van der Waals surface area contributed by atoms with Crippen molar-refractivity contribution in [3.63, 3.8) is 0 Å². The van der Waals surface area contributed by atoms with Gasteiger partial charge in [0, 0.05) is 31.5 Å². The molecule has 1 unspecified atom stereocenters. The third kappa shape index (κ3) is 5.45. The minimum Gasteiger partial charge on any atom is -0.491 e. The number of rotatable bonds is 7. The van der Waals surface area contributed by atoms with Crippen LogP contribution in [0.25, 0.3) is 0 Å². The van der Waals surface area contributed by atoms with Gasteiger partial charge in [-0.3, -0.25) is 4.79 Å². The summed E-state index contributed by atoms with van der Waals surface area (Å²) in [5.41, 5.74) is 6.78. The Bertz CT molecular complexity index is 787. The molecule has 2 aromatic rings. The van der Waals surface area contributed by atoms with E-state index in [1.165, 1.54) is 11.1 Å². The molecule has 0 aliphatic heterocycles. The van der Waals surface area contributed by atoms with Gasteiger partial charge in [0.05, 0.1) is 6.61 Å². The van der Waals surface area contributed by atoms with Crippen LogP contribution in [0.15, 0.2) is 24.3 Å². The molecule has 5 heteroatoms. The maximum absolute atomic E-state index is 12.9. The van der Waals surface area contributed by atoms with E-state index in [0.29, 0.717) is 13.2 Å². The van der Waals surface area contributed by atoms with Gasteiger partial charge in [-0.15, -0.1) is 0 Å². The van der Waals surface area contributed by atoms with Crippen LogP contribution in [-0.2, 0) is 4.74 Å². The number of aryl methyl sites for hydroxylation is 3. The Morgan fingerprint density at radius 2 is 1.62 bits per heavy atom. The maximum Gasteiger partial charge on any atom is 0.186 e. The summed E-state index contributed by atoms with van der Waals surface area (Å²) >= 11 is 0. The van der Waals surface area contributed by atoms with Crippen molar-refractivity contribution in [1.82, 2.24) is 0 Å². The van der Waals surface area contributed by atoms with Gasteiger partial charge < -0.3 is 9.47 Å². The van der Waals surface area contributed by atoms with E-state index >= 15 is 0 Å². The number of methoxy groups -OCH3 is 1. The zero-order valence-corrected chi connectivity index (χ0v) is 17.9. The second kappa shape index (κ2) is 10.3. The van der Waals surface area contributed by atoms with Gasteiger partial charge >= 0.3 is 0 Å². The Balaban J connectivity index is 0.00000338. The molecule has 26 heavy (non-hydrogen) atoms. The number of benzene rings is 2. The zero-order valence-electron chi connectivity index (χ0n) is 16.9. The van der Waals surface area contributed by atoms with Gasteiger partial charge in [0.25, 0.3) is 0 Å². The van der Waals surface area contributed by atoms with Gasteiger partial charge in [-0.1, -0.05) is 12.1 Å². The SMILES string of the molecule is COCCOc1ccc(PC(=O)c2c(C)cc(C)c(C)c2C)c(C)c1.[Li]. The van der Waals surface area contributed by atoms with Crippen LogP contribution in [0, 0.1) is 34.6 Å². The smallest absolute Gasteiger partial charge is 0.186 e. The normalized spacial score (nSPS) is 10.8. The first-order valence-electron chi connectivity index (χ1n) is 8.46. The fraction of sp³-hybridized carbons (Fsp3) is 0.381. The summed E-state index contributed by atoms with van der Waals surface area (Å²) in [5, 5.41) is 1.07. The van der Waals surface area contributed by atoms with Crippen LogP contribution < -0.4 is 10.0 Å². The number of hydrogen-bond acceptors (Lipinski definition) is 3. The van der Waals surface area contributed by atoms with Crippen LogP contribution in [0.2, 0.25) is 0 Å². The Labute approximate surface area is 170 Å². The molecule has 0 heterocycles. The van der Waals surface area contributed by atoms with E-state index in [0.717, 1.165) is 33.3 Å². The van der Waals surface area contributed by atoms with E-state index in [2.05, 4.69) is 19.9 Å². The van der Waals surface area contributed by atoms with Crippen molar-refractivity contribution in [1.29, 1.82) is 0 Å². The Morgan fingerprint density at radius 1 is 0.923 bits per heavy atom. The van der Waals surface area contributed by atoms with Crippen molar-refractivity contribution in [3.05, 3.63) is 57.6 Å². The summed E-state index contributed by atoms with van der Waals surface area (Å²) in [6, 6.07) is 8.03. The maximum atomic E-state index is 12.9. The number of carbonyl (C=O) groups is 1. The van der Waals surface area contributed by atoms with Crippen molar-refractivity contribution in [3.8, 4) is 5.75 Å². The monoisotopic (exact) mass is 365 g/mol. The van der Waals surface area contributed by atoms with Crippen LogP contribution >= 0.6 is 8.58 Å². The van der Waals surface area contributed by atoms with Crippen molar-refractivity contribution < 1.29 is 14.3 Å². The van der Waals surface area contributed by atoms with Gasteiger partial charge in [-0.05, 0) is 88.5 Å². The molecule has 3 nitrogen and oxygen atoms in total. The first kappa shape index (κ1) is 22.9. The summed E-state index contributed by atoms with van der Waals surface area (Å²) in [5.74, 6) is 0.814. The van der Waals surface area contributed by atoms with Crippen LogP contribution in [0.1, 0.15) is 38.2 Å². The predicted octanol–water partition coefficient (Wildman–Crippen LogP) is 4.02. The molecule has 0 aliphatic carbocycles. The van der Waals surface area contributed by atoms with Crippen molar-refractivity contribution in [2.45, 2.75) is 34.6 Å². The number of carbonyl (C=O) groups excluding carboxylic acids is 1. The van der Waals surface area contributed by atoms with Crippen molar-refractivity contribution in [2.75, 3.05) is 20.3 Å². The van der Waals surface area contributed by atoms with E-state index in [1.807, 2.05) is 39.0 Å². The first-order chi connectivity index (χ1) is 11.8. The van der Waals surface area contributed by atoms with Crippen LogP contribution in [0.4, 0.5) is 0 Å². The predicted molar refractivity (Wildman–Crippen MR) is 112 cm³/mol. The first-order valence-corrected chi connectivity index (χ1v) is 9.46. The molecule has 0 aliphatic rings. The second-order valence-corrected chi connectivity index (χ2v) is 7.65. The van der Waals surface area contributed by atoms with Gasteiger partial charge in [0.15, 0.2) is 5.52 Å². The van der Waals surface area contributed by atoms with Gasteiger partial charge in [0.1, 0.15) is 12.4 Å². The zero-order chi connectivity index (χ0) is 18.6. The molecule has 0 spiro atoms. The van der Waals surface area contributed by atoms with E-state index in [-0.39, 0.29) is 33.0 Å². The molecule has 0 amide bonds. The van der Waals surface area contributed by atoms with Gasteiger partial charge in [-0.2, -0.15) is 0 Å². The molecule has 1 radical (unpaired) electrons. The molecular weight excluding hydrogens is 338 g/mol. The third-order valence-electron chi connectivity index (χ3n) is 4.59. The van der Waals surface area contributed by atoms with Crippen LogP contribution in [0.3, 0.4) is 0 Å². The fourth-order valence-electron chi connectivity index (χ4n) is 2.93. The number of ether oxygens (including phenoxy) is 2. The minimum absolute atomic E-state index is 0.